The van der Waals surface area contributed by atoms with Gasteiger partial charge in [0, 0.05) is 18.0 Å². The molecule has 0 spiro atoms. The Kier molecular flexibility index (Phi) is 6.08. The van der Waals surface area contributed by atoms with E-state index >= 15 is 0 Å². The van der Waals surface area contributed by atoms with E-state index in [0.29, 0.717) is 18.0 Å². The molecule has 0 heterocycles. The number of hydrogen-bond donors (Lipinski definition) is 0. The van der Waals surface area contributed by atoms with Gasteiger partial charge in [0.15, 0.2) is 0 Å². The summed E-state index contributed by atoms with van der Waals surface area (Å²) in [7, 11) is -1.30. The SMILES string of the molecule is C=CCN(CC=C)C(=O)C[S@](=O)c1ccccc1. The molecule has 1 rings (SSSR count). The van der Waals surface area contributed by atoms with Gasteiger partial charge >= 0.3 is 0 Å². The summed E-state index contributed by atoms with van der Waals surface area (Å²) in [6.07, 6.45) is 3.29. The van der Waals surface area contributed by atoms with Crippen LogP contribution in [0.4, 0.5) is 0 Å². The minimum atomic E-state index is -1.30. The van der Waals surface area contributed by atoms with Crippen LogP contribution < -0.4 is 0 Å². The number of amides is 1. The van der Waals surface area contributed by atoms with Gasteiger partial charge in [-0.05, 0) is 12.1 Å². The minimum Gasteiger partial charge on any atom is -0.334 e. The summed E-state index contributed by atoms with van der Waals surface area (Å²) in [6.45, 7) is 8.08. The third kappa shape index (κ3) is 4.30. The highest BCUT2D eigenvalue weighted by molar-refractivity contribution is 7.85. The second-order valence-corrected chi connectivity index (χ2v) is 5.13. The number of benzene rings is 1. The van der Waals surface area contributed by atoms with Crippen LogP contribution in [0, 0.1) is 0 Å². The molecule has 0 N–H and O–H groups in total. The predicted octanol–water partition coefficient (Wildman–Crippen LogP) is 1.99. The molecule has 18 heavy (non-hydrogen) atoms. The number of hydrogen-bond acceptors (Lipinski definition) is 2. The molecule has 0 aliphatic heterocycles. The van der Waals surface area contributed by atoms with Crippen molar-refractivity contribution < 1.29 is 9.00 Å². The highest BCUT2D eigenvalue weighted by Gasteiger charge is 2.15. The monoisotopic (exact) mass is 263 g/mol. The van der Waals surface area contributed by atoms with Gasteiger partial charge in [-0.1, -0.05) is 30.4 Å². The number of carbonyl (C=O) groups is 1. The second-order valence-electron chi connectivity index (χ2n) is 3.68. The summed E-state index contributed by atoms with van der Waals surface area (Å²) >= 11 is 0. The lowest BCUT2D eigenvalue weighted by atomic mass is 10.4. The average Bonchev–Trinajstić information content (AvgIpc) is 2.39. The second kappa shape index (κ2) is 7.61. The first-order chi connectivity index (χ1) is 8.69. The Labute approximate surface area is 110 Å². The van der Waals surface area contributed by atoms with Crippen molar-refractivity contribution in [3.05, 3.63) is 55.6 Å². The van der Waals surface area contributed by atoms with E-state index in [4.69, 9.17) is 0 Å². The first-order valence-corrected chi connectivity index (χ1v) is 6.94. The van der Waals surface area contributed by atoms with Crippen molar-refractivity contribution in [1.82, 2.24) is 4.90 Å². The standard InChI is InChI=1S/C14H17NO2S/c1-3-10-15(11-4-2)14(16)12-18(17)13-8-6-5-7-9-13/h3-9H,1-2,10-12H2/t18-/m0/s1. The van der Waals surface area contributed by atoms with E-state index in [1.165, 1.54) is 0 Å². The van der Waals surface area contributed by atoms with Gasteiger partial charge < -0.3 is 4.90 Å². The highest BCUT2D eigenvalue weighted by Crippen LogP contribution is 2.06. The Morgan fingerprint density at radius 1 is 1.17 bits per heavy atom. The molecule has 4 heteroatoms. The van der Waals surface area contributed by atoms with E-state index in [0.717, 1.165) is 0 Å². The molecule has 96 valence electrons. The van der Waals surface area contributed by atoms with Gasteiger partial charge in [-0.3, -0.25) is 9.00 Å². The Bertz CT molecular complexity index is 432. The lowest BCUT2D eigenvalue weighted by Gasteiger charge is -2.18. The Morgan fingerprint density at radius 2 is 1.72 bits per heavy atom. The number of carbonyl (C=O) groups excluding carboxylic acids is 1. The first kappa shape index (κ1) is 14.4. The molecule has 0 bridgehead atoms. The van der Waals surface area contributed by atoms with Gasteiger partial charge in [-0.15, -0.1) is 13.2 Å². The normalized spacial score (nSPS) is 11.6. The van der Waals surface area contributed by atoms with Crippen LogP contribution in [0.5, 0.6) is 0 Å². The summed E-state index contributed by atoms with van der Waals surface area (Å²) in [5.41, 5.74) is 0. The van der Waals surface area contributed by atoms with Crippen molar-refractivity contribution in [2.75, 3.05) is 18.8 Å². The van der Waals surface area contributed by atoms with Crippen molar-refractivity contribution in [3.8, 4) is 0 Å². The third-order valence-corrected chi connectivity index (χ3v) is 3.62. The van der Waals surface area contributed by atoms with E-state index in [-0.39, 0.29) is 11.7 Å². The van der Waals surface area contributed by atoms with Crippen LogP contribution in [-0.2, 0) is 15.6 Å². The molecular formula is C14H17NO2S. The summed E-state index contributed by atoms with van der Waals surface area (Å²) < 4.78 is 12.0. The van der Waals surface area contributed by atoms with Crippen molar-refractivity contribution in [2.45, 2.75) is 4.90 Å². The van der Waals surface area contributed by atoms with E-state index in [1.54, 1.807) is 29.2 Å². The molecule has 0 fully saturated rings. The molecule has 1 aromatic carbocycles. The molecule has 3 nitrogen and oxygen atoms in total. The number of nitrogens with zero attached hydrogens (tertiary/aromatic N) is 1. The van der Waals surface area contributed by atoms with E-state index < -0.39 is 10.8 Å². The summed E-state index contributed by atoms with van der Waals surface area (Å²) in [5, 5.41) is 0. The molecule has 1 atom stereocenters. The zero-order valence-corrected chi connectivity index (χ0v) is 11.1. The maximum absolute atomic E-state index is 12.0. The van der Waals surface area contributed by atoms with Gasteiger partial charge in [0.2, 0.25) is 5.91 Å². The molecule has 0 aliphatic carbocycles. The number of rotatable bonds is 7. The minimum absolute atomic E-state index is 0.00824. The van der Waals surface area contributed by atoms with Crippen LogP contribution in [0.15, 0.2) is 60.5 Å². The fourth-order valence-corrected chi connectivity index (χ4v) is 2.48. The summed E-state index contributed by atoms with van der Waals surface area (Å²) in [4.78, 5) is 14.2. The quantitative estimate of drug-likeness (QED) is 0.706. The van der Waals surface area contributed by atoms with Crippen LogP contribution >= 0.6 is 0 Å². The average molecular weight is 263 g/mol. The fourth-order valence-electron chi connectivity index (χ4n) is 1.45. The Morgan fingerprint density at radius 3 is 2.22 bits per heavy atom. The van der Waals surface area contributed by atoms with Crippen molar-refractivity contribution in [1.29, 1.82) is 0 Å². The molecule has 0 saturated carbocycles. The van der Waals surface area contributed by atoms with Crippen molar-refractivity contribution >= 4 is 16.7 Å². The molecule has 0 unspecified atom stereocenters. The molecule has 0 radical (unpaired) electrons. The van der Waals surface area contributed by atoms with Gasteiger partial charge in [-0.25, -0.2) is 0 Å². The van der Waals surface area contributed by atoms with Crippen molar-refractivity contribution in [3.63, 3.8) is 0 Å². The largest absolute Gasteiger partial charge is 0.334 e. The Balaban J connectivity index is 2.65. The smallest absolute Gasteiger partial charge is 0.236 e. The Hall–Kier alpha value is -1.68. The summed E-state index contributed by atoms with van der Waals surface area (Å²) in [5.74, 6) is -0.164. The maximum Gasteiger partial charge on any atom is 0.236 e. The first-order valence-electron chi connectivity index (χ1n) is 5.62. The van der Waals surface area contributed by atoms with Crippen LogP contribution in [0.2, 0.25) is 0 Å². The van der Waals surface area contributed by atoms with Crippen LogP contribution in [0.25, 0.3) is 0 Å². The third-order valence-electron chi connectivity index (χ3n) is 2.31. The van der Waals surface area contributed by atoms with Gasteiger partial charge in [0.05, 0.1) is 10.8 Å². The van der Waals surface area contributed by atoms with Crippen LogP contribution in [0.3, 0.4) is 0 Å². The topological polar surface area (TPSA) is 37.4 Å². The zero-order chi connectivity index (χ0) is 13.4. The molecule has 0 aromatic heterocycles. The molecule has 0 saturated heterocycles. The summed E-state index contributed by atoms with van der Waals surface area (Å²) in [6, 6.07) is 8.99. The van der Waals surface area contributed by atoms with Crippen LogP contribution in [0.1, 0.15) is 0 Å². The highest BCUT2D eigenvalue weighted by atomic mass is 32.2. The predicted molar refractivity (Wildman–Crippen MR) is 74.7 cm³/mol. The molecule has 1 amide bonds. The van der Waals surface area contributed by atoms with E-state index in [1.807, 2.05) is 18.2 Å². The van der Waals surface area contributed by atoms with E-state index in [9.17, 15) is 9.00 Å². The van der Waals surface area contributed by atoms with Gasteiger partial charge in [-0.2, -0.15) is 0 Å². The van der Waals surface area contributed by atoms with Crippen LogP contribution in [-0.4, -0.2) is 33.9 Å². The van der Waals surface area contributed by atoms with Gasteiger partial charge in [0.25, 0.3) is 0 Å². The van der Waals surface area contributed by atoms with E-state index in [2.05, 4.69) is 13.2 Å². The zero-order valence-electron chi connectivity index (χ0n) is 10.2. The molecule has 0 aliphatic rings. The maximum atomic E-state index is 12.0. The van der Waals surface area contributed by atoms with Gasteiger partial charge in [0.1, 0.15) is 5.75 Å². The lowest BCUT2D eigenvalue weighted by molar-refractivity contribution is -0.127. The molecular weight excluding hydrogens is 246 g/mol. The lowest BCUT2D eigenvalue weighted by Crippen LogP contribution is -2.34. The fraction of sp³-hybridized carbons (Fsp3) is 0.214. The van der Waals surface area contributed by atoms with Crippen molar-refractivity contribution in [2.24, 2.45) is 0 Å². The molecule has 1 aromatic rings.